The summed E-state index contributed by atoms with van der Waals surface area (Å²) in [4.78, 5) is 12.2. The molecule has 0 radical (unpaired) electrons. The van der Waals surface area contributed by atoms with Crippen molar-refractivity contribution in [2.24, 2.45) is 11.8 Å². The Morgan fingerprint density at radius 2 is 2.17 bits per heavy atom. The van der Waals surface area contributed by atoms with E-state index in [1.807, 2.05) is 19.9 Å². The zero-order valence-corrected chi connectivity index (χ0v) is 14.5. The van der Waals surface area contributed by atoms with Crippen molar-refractivity contribution in [1.29, 1.82) is 0 Å². The van der Waals surface area contributed by atoms with Crippen molar-refractivity contribution in [3.63, 3.8) is 0 Å². The SMILES string of the molecule is CC(CC(=O)NCC(C)(C)c1ccccc1F)C1CCCNC1. The van der Waals surface area contributed by atoms with Gasteiger partial charge in [-0.2, -0.15) is 0 Å². The van der Waals surface area contributed by atoms with Gasteiger partial charge in [-0.3, -0.25) is 4.79 Å². The fourth-order valence-electron chi connectivity index (χ4n) is 3.32. The molecule has 2 atom stereocenters. The largest absolute Gasteiger partial charge is 0.355 e. The Morgan fingerprint density at radius 3 is 2.83 bits per heavy atom. The Labute approximate surface area is 139 Å². The molecular weight excluding hydrogens is 291 g/mol. The van der Waals surface area contributed by atoms with Crippen molar-refractivity contribution in [2.45, 2.75) is 45.4 Å². The number of halogens is 1. The van der Waals surface area contributed by atoms with Crippen LogP contribution in [0, 0.1) is 17.7 Å². The van der Waals surface area contributed by atoms with E-state index in [0.29, 0.717) is 30.4 Å². The molecule has 0 aromatic heterocycles. The van der Waals surface area contributed by atoms with Gasteiger partial charge in [0.1, 0.15) is 5.82 Å². The Morgan fingerprint density at radius 1 is 1.43 bits per heavy atom. The lowest BCUT2D eigenvalue weighted by Gasteiger charge is -2.29. The van der Waals surface area contributed by atoms with Crippen molar-refractivity contribution in [1.82, 2.24) is 10.6 Å². The molecule has 3 nitrogen and oxygen atoms in total. The second-order valence-corrected chi connectivity index (χ2v) is 7.43. The van der Waals surface area contributed by atoms with E-state index < -0.39 is 5.41 Å². The third-order valence-electron chi connectivity index (χ3n) is 4.98. The van der Waals surface area contributed by atoms with Gasteiger partial charge >= 0.3 is 0 Å². The molecule has 128 valence electrons. The van der Waals surface area contributed by atoms with Gasteiger partial charge in [0, 0.05) is 18.4 Å². The predicted octanol–water partition coefficient (Wildman–Crippen LogP) is 3.25. The molecule has 2 rings (SSSR count). The first-order valence-corrected chi connectivity index (χ1v) is 8.62. The van der Waals surface area contributed by atoms with Crippen molar-refractivity contribution in [3.8, 4) is 0 Å². The van der Waals surface area contributed by atoms with E-state index in [0.717, 1.165) is 13.1 Å². The lowest BCUT2D eigenvalue weighted by Crippen LogP contribution is -2.39. The molecule has 1 aliphatic rings. The summed E-state index contributed by atoms with van der Waals surface area (Å²) in [6.45, 7) is 8.61. The van der Waals surface area contributed by atoms with Crippen LogP contribution in [0.4, 0.5) is 4.39 Å². The smallest absolute Gasteiger partial charge is 0.220 e. The van der Waals surface area contributed by atoms with Gasteiger partial charge in [0.15, 0.2) is 0 Å². The highest BCUT2D eigenvalue weighted by Crippen LogP contribution is 2.25. The molecule has 1 heterocycles. The summed E-state index contributed by atoms with van der Waals surface area (Å²) in [6, 6.07) is 6.78. The van der Waals surface area contributed by atoms with Gasteiger partial charge in [0.05, 0.1) is 0 Å². The van der Waals surface area contributed by atoms with Crippen LogP contribution in [-0.2, 0) is 10.2 Å². The quantitative estimate of drug-likeness (QED) is 0.845. The molecule has 4 heteroatoms. The van der Waals surface area contributed by atoms with Gasteiger partial charge in [-0.15, -0.1) is 0 Å². The summed E-state index contributed by atoms with van der Waals surface area (Å²) in [5.74, 6) is 0.800. The monoisotopic (exact) mass is 320 g/mol. The number of amides is 1. The highest BCUT2D eigenvalue weighted by Gasteiger charge is 2.26. The van der Waals surface area contributed by atoms with Gasteiger partial charge in [0.2, 0.25) is 5.91 Å². The van der Waals surface area contributed by atoms with Crippen molar-refractivity contribution in [3.05, 3.63) is 35.6 Å². The molecule has 23 heavy (non-hydrogen) atoms. The third-order valence-corrected chi connectivity index (χ3v) is 4.98. The highest BCUT2D eigenvalue weighted by molar-refractivity contribution is 5.76. The first kappa shape index (κ1) is 17.9. The molecule has 2 unspecified atom stereocenters. The number of carbonyl (C=O) groups is 1. The maximum absolute atomic E-state index is 13.9. The average Bonchev–Trinajstić information content (AvgIpc) is 2.54. The summed E-state index contributed by atoms with van der Waals surface area (Å²) >= 11 is 0. The summed E-state index contributed by atoms with van der Waals surface area (Å²) in [7, 11) is 0. The Balaban J connectivity index is 1.84. The number of carbonyl (C=O) groups excluding carboxylic acids is 1. The maximum Gasteiger partial charge on any atom is 0.220 e. The maximum atomic E-state index is 13.9. The minimum Gasteiger partial charge on any atom is -0.355 e. The van der Waals surface area contributed by atoms with Crippen LogP contribution in [-0.4, -0.2) is 25.5 Å². The minimum atomic E-state index is -0.420. The second-order valence-electron chi connectivity index (χ2n) is 7.43. The standard InChI is InChI=1S/C19H29FN2O/c1-14(15-7-6-10-21-12-15)11-18(23)22-13-19(2,3)16-8-4-5-9-17(16)20/h4-5,8-9,14-15,21H,6-7,10-13H2,1-3H3,(H,22,23). The van der Waals surface area contributed by atoms with Gasteiger partial charge in [-0.05, 0) is 49.4 Å². The van der Waals surface area contributed by atoms with Crippen LogP contribution < -0.4 is 10.6 Å². The van der Waals surface area contributed by atoms with E-state index >= 15 is 0 Å². The van der Waals surface area contributed by atoms with Gasteiger partial charge in [0.25, 0.3) is 0 Å². The molecule has 0 aliphatic carbocycles. The van der Waals surface area contributed by atoms with E-state index in [-0.39, 0.29) is 11.7 Å². The first-order valence-electron chi connectivity index (χ1n) is 8.62. The van der Waals surface area contributed by atoms with Crippen LogP contribution >= 0.6 is 0 Å². The van der Waals surface area contributed by atoms with Gasteiger partial charge < -0.3 is 10.6 Å². The third kappa shape index (κ3) is 5.03. The number of rotatable bonds is 6. The lowest BCUT2D eigenvalue weighted by molar-refractivity contribution is -0.122. The van der Waals surface area contributed by atoms with E-state index in [4.69, 9.17) is 0 Å². The molecule has 0 bridgehead atoms. The predicted molar refractivity (Wildman–Crippen MR) is 91.8 cm³/mol. The average molecular weight is 320 g/mol. The second kappa shape index (κ2) is 7.91. The summed E-state index contributed by atoms with van der Waals surface area (Å²) in [5, 5.41) is 6.39. The van der Waals surface area contributed by atoms with Crippen LogP contribution in [0.1, 0.15) is 45.6 Å². The summed E-state index contributed by atoms with van der Waals surface area (Å²) < 4.78 is 13.9. The zero-order chi connectivity index (χ0) is 16.9. The number of nitrogens with one attached hydrogen (secondary N) is 2. The van der Waals surface area contributed by atoms with Crippen molar-refractivity contribution < 1.29 is 9.18 Å². The van der Waals surface area contributed by atoms with Crippen LogP contribution in [0.3, 0.4) is 0 Å². The Bertz CT molecular complexity index is 524. The fourth-order valence-corrected chi connectivity index (χ4v) is 3.32. The molecule has 1 aliphatic heterocycles. The van der Waals surface area contributed by atoms with E-state index in [2.05, 4.69) is 17.6 Å². The highest BCUT2D eigenvalue weighted by atomic mass is 19.1. The summed E-state index contributed by atoms with van der Waals surface area (Å²) in [6.07, 6.45) is 2.93. The minimum absolute atomic E-state index is 0.0625. The molecule has 1 aromatic carbocycles. The zero-order valence-electron chi connectivity index (χ0n) is 14.5. The molecule has 1 saturated heterocycles. The van der Waals surface area contributed by atoms with Crippen molar-refractivity contribution >= 4 is 5.91 Å². The molecule has 1 amide bonds. The Hall–Kier alpha value is -1.42. The normalized spacial score (nSPS) is 20.1. The van der Waals surface area contributed by atoms with Crippen LogP contribution in [0.2, 0.25) is 0 Å². The van der Waals surface area contributed by atoms with Gasteiger partial charge in [-0.25, -0.2) is 4.39 Å². The number of hydrogen-bond acceptors (Lipinski definition) is 2. The van der Waals surface area contributed by atoms with Gasteiger partial charge in [-0.1, -0.05) is 39.0 Å². The molecular formula is C19H29FN2O. The Kier molecular flexibility index (Phi) is 6.17. The first-order chi connectivity index (χ1) is 10.9. The van der Waals surface area contributed by atoms with E-state index in [1.54, 1.807) is 12.1 Å². The number of hydrogen-bond donors (Lipinski definition) is 2. The molecule has 1 fully saturated rings. The molecule has 0 spiro atoms. The fraction of sp³-hybridized carbons (Fsp3) is 0.632. The van der Waals surface area contributed by atoms with Crippen LogP contribution in [0.25, 0.3) is 0 Å². The topological polar surface area (TPSA) is 41.1 Å². The van der Waals surface area contributed by atoms with Crippen LogP contribution in [0.15, 0.2) is 24.3 Å². The van der Waals surface area contributed by atoms with E-state index in [1.165, 1.54) is 18.9 Å². The summed E-state index contributed by atoms with van der Waals surface area (Å²) in [5.41, 5.74) is 0.223. The molecule has 1 aromatic rings. The van der Waals surface area contributed by atoms with Crippen LogP contribution in [0.5, 0.6) is 0 Å². The molecule has 2 N–H and O–H groups in total. The molecule has 0 saturated carbocycles. The van der Waals surface area contributed by atoms with E-state index in [9.17, 15) is 9.18 Å². The number of piperidine rings is 1. The number of benzene rings is 1. The van der Waals surface area contributed by atoms with Crippen molar-refractivity contribution in [2.75, 3.05) is 19.6 Å². The lowest BCUT2D eigenvalue weighted by atomic mass is 9.83.